The first kappa shape index (κ1) is 12.1. The van der Waals surface area contributed by atoms with Crippen LogP contribution in [-0.4, -0.2) is 17.3 Å². The van der Waals surface area contributed by atoms with Gasteiger partial charge in [0.25, 0.3) is 0 Å². The zero-order chi connectivity index (χ0) is 11.7. The van der Waals surface area contributed by atoms with E-state index in [1.165, 1.54) is 12.1 Å². The maximum atomic E-state index is 13.2. The first-order valence-corrected chi connectivity index (χ1v) is 6.24. The summed E-state index contributed by atoms with van der Waals surface area (Å²) in [4.78, 5) is 0. The van der Waals surface area contributed by atoms with E-state index in [2.05, 4.69) is 15.9 Å². The molecule has 0 bridgehead atoms. The fraction of sp³-hybridized carbons (Fsp3) is 0.455. The van der Waals surface area contributed by atoms with Crippen LogP contribution in [0, 0.1) is 5.82 Å². The minimum Gasteiger partial charge on any atom is -0.486 e. The number of halogens is 3. The van der Waals surface area contributed by atoms with Gasteiger partial charge in [-0.15, -0.1) is 0 Å². The van der Waals surface area contributed by atoms with Crippen molar-refractivity contribution in [3.63, 3.8) is 0 Å². The summed E-state index contributed by atoms with van der Waals surface area (Å²) in [6.45, 7) is 0. The molecule has 1 aliphatic carbocycles. The largest absolute Gasteiger partial charge is 0.486 e. The summed E-state index contributed by atoms with van der Waals surface area (Å²) in [5.74, 6) is -0.139. The highest BCUT2D eigenvalue weighted by atomic mass is 79.9. The number of benzene rings is 1. The predicted molar refractivity (Wildman–Crippen MR) is 63.4 cm³/mol. The van der Waals surface area contributed by atoms with Crippen molar-refractivity contribution < 1.29 is 14.2 Å². The molecule has 1 fully saturated rings. The van der Waals surface area contributed by atoms with Gasteiger partial charge in [-0.25, -0.2) is 4.39 Å². The molecule has 2 nitrogen and oxygen atoms in total. The quantitative estimate of drug-likeness (QED) is 0.847. The number of rotatable bonds is 2. The van der Waals surface area contributed by atoms with E-state index in [-0.39, 0.29) is 11.1 Å². The van der Waals surface area contributed by atoms with E-state index < -0.39 is 11.9 Å². The summed E-state index contributed by atoms with van der Waals surface area (Å²) in [5, 5.41) is 9.65. The third-order valence-corrected chi connectivity index (χ3v) is 3.58. The van der Waals surface area contributed by atoms with E-state index in [1.807, 2.05) is 0 Å². The van der Waals surface area contributed by atoms with Crippen molar-refractivity contribution in [1.82, 2.24) is 0 Å². The third-order valence-electron chi connectivity index (χ3n) is 2.67. The van der Waals surface area contributed by atoms with Crippen molar-refractivity contribution in [3.8, 4) is 5.75 Å². The van der Waals surface area contributed by atoms with Crippen LogP contribution in [0.5, 0.6) is 5.75 Å². The van der Waals surface area contributed by atoms with Crippen LogP contribution in [0.2, 0.25) is 5.02 Å². The van der Waals surface area contributed by atoms with Crippen molar-refractivity contribution in [2.75, 3.05) is 0 Å². The second-order valence-electron chi connectivity index (χ2n) is 3.85. The Hall–Kier alpha value is -0.320. The Morgan fingerprint density at radius 1 is 1.44 bits per heavy atom. The molecule has 1 aromatic rings. The van der Waals surface area contributed by atoms with E-state index in [9.17, 15) is 9.50 Å². The average Bonchev–Trinajstić information content (AvgIpc) is 2.61. The molecule has 0 spiro atoms. The zero-order valence-corrected chi connectivity index (χ0v) is 10.8. The number of ether oxygens (including phenoxy) is 1. The van der Waals surface area contributed by atoms with Crippen LogP contribution in [-0.2, 0) is 0 Å². The van der Waals surface area contributed by atoms with E-state index in [4.69, 9.17) is 16.3 Å². The molecule has 16 heavy (non-hydrogen) atoms. The highest BCUT2D eigenvalue weighted by Crippen LogP contribution is 2.33. The fourth-order valence-electron chi connectivity index (χ4n) is 1.80. The van der Waals surface area contributed by atoms with Gasteiger partial charge in [-0.3, -0.25) is 0 Å². The summed E-state index contributed by atoms with van der Waals surface area (Å²) in [6.07, 6.45) is 1.73. The highest BCUT2D eigenvalue weighted by molar-refractivity contribution is 9.10. The molecule has 0 radical (unpaired) electrons. The van der Waals surface area contributed by atoms with Gasteiger partial charge in [-0.2, -0.15) is 0 Å². The van der Waals surface area contributed by atoms with Crippen molar-refractivity contribution in [2.24, 2.45) is 0 Å². The van der Waals surface area contributed by atoms with E-state index in [0.717, 1.165) is 19.3 Å². The molecule has 0 heterocycles. The van der Waals surface area contributed by atoms with Crippen LogP contribution in [0.25, 0.3) is 0 Å². The summed E-state index contributed by atoms with van der Waals surface area (Å²) in [7, 11) is 0. The summed E-state index contributed by atoms with van der Waals surface area (Å²) >= 11 is 8.87. The summed E-state index contributed by atoms with van der Waals surface area (Å²) in [6, 6.07) is 2.69. The molecule has 1 saturated carbocycles. The van der Waals surface area contributed by atoms with E-state index >= 15 is 0 Å². The number of hydrogen-bond donors (Lipinski definition) is 1. The SMILES string of the molecule is OC1CCCC1Oc1cc(F)c(Cl)cc1Br. The first-order valence-electron chi connectivity index (χ1n) is 5.07. The van der Waals surface area contributed by atoms with E-state index in [1.54, 1.807) is 0 Å². The fourth-order valence-corrected chi connectivity index (χ4v) is 2.53. The van der Waals surface area contributed by atoms with Gasteiger partial charge in [0.1, 0.15) is 17.7 Å². The molecule has 5 heteroatoms. The molecule has 1 aliphatic rings. The molecule has 0 aliphatic heterocycles. The highest BCUT2D eigenvalue weighted by Gasteiger charge is 2.27. The molecule has 0 aromatic heterocycles. The topological polar surface area (TPSA) is 29.5 Å². The lowest BCUT2D eigenvalue weighted by Crippen LogP contribution is -2.25. The summed E-state index contributed by atoms with van der Waals surface area (Å²) < 4.78 is 19.4. The summed E-state index contributed by atoms with van der Waals surface area (Å²) in [5.41, 5.74) is 0. The van der Waals surface area contributed by atoms with Gasteiger partial charge in [0.05, 0.1) is 15.6 Å². The standard InChI is InChI=1S/C11H11BrClFO2/c12-6-4-7(13)8(14)5-11(6)16-10-3-1-2-9(10)15/h4-5,9-10,15H,1-3H2. The van der Waals surface area contributed by atoms with Gasteiger partial charge in [0, 0.05) is 6.07 Å². The smallest absolute Gasteiger partial charge is 0.145 e. The molecular formula is C11H11BrClFO2. The molecule has 2 atom stereocenters. The van der Waals surface area contributed by atoms with Gasteiger partial charge in [0.2, 0.25) is 0 Å². The second-order valence-corrected chi connectivity index (χ2v) is 5.11. The average molecular weight is 310 g/mol. The lowest BCUT2D eigenvalue weighted by Gasteiger charge is -2.18. The molecule has 0 saturated heterocycles. The molecule has 2 rings (SSSR count). The van der Waals surface area contributed by atoms with Crippen LogP contribution in [0.4, 0.5) is 4.39 Å². The van der Waals surface area contributed by atoms with Crippen molar-refractivity contribution in [3.05, 3.63) is 27.4 Å². The molecule has 1 N–H and O–H groups in total. The van der Waals surface area contributed by atoms with Crippen LogP contribution < -0.4 is 4.74 Å². The van der Waals surface area contributed by atoms with Gasteiger partial charge < -0.3 is 9.84 Å². The normalized spacial score (nSPS) is 24.8. The Morgan fingerprint density at radius 3 is 2.81 bits per heavy atom. The minimum absolute atomic E-state index is 0.0474. The first-order chi connectivity index (χ1) is 7.58. The number of aliphatic hydroxyl groups excluding tert-OH is 1. The molecule has 88 valence electrons. The Balaban J connectivity index is 2.18. The minimum atomic E-state index is -0.521. The Bertz CT molecular complexity index is 400. The maximum absolute atomic E-state index is 13.2. The number of aliphatic hydroxyl groups is 1. The van der Waals surface area contributed by atoms with Gasteiger partial charge in [-0.05, 0) is 41.3 Å². The van der Waals surface area contributed by atoms with Gasteiger partial charge in [0.15, 0.2) is 0 Å². The predicted octanol–water partition coefficient (Wildman–Crippen LogP) is 3.53. The lowest BCUT2D eigenvalue weighted by molar-refractivity contribution is 0.0597. The Kier molecular flexibility index (Phi) is 3.72. The van der Waals surface area contributed by atoms with Crippen molar-refractivity contribution >= 4 is 27.5 Å². The zero-order valence-electron chi connectivity index (χ0n) is 8.42. The Morgan fingerprint density at radius 2 is 2.19 bits per heavy atom. The maximum Gasteiger partial charge on any atom is 0.145 e. The van der Waals surface area contributed by atoms with Crippen molar-refractivity contribution in [2.45, 2.75) is 31.5 Å². The molecule has 1 aromatic carbocycles. The monoisotopic (exact) mass is 308 g/mol. The lowest BCUT2D eigenvalue weighted by atomic mass is 10.2. The van der Waals surface area contributed by atoms with E-state index in [0.29, 0.717) is 10.2 Å². The van der Waals surface area contributed by atoms with Gasteiger partial charge in [-0.1, -0.05) is 11.6 Å². The molecule has 2 unspecified atom stereocenters. The van der Waals surface area contributed by atoms with Crippen molar-refractivity contribution in [1.29, 1.82) is 0 Å². The van der Waals surface area contributed by atoms with Crippen LogP contribution in [0.15, 0.2) is 16.6 Å². The van der Waals surface area contributed by atoms with Crippen LogP contribution in [0.1, 0.15) is 19.3 Å². The molecule has 0 amide bonds. The Labute approximate surface area is 106 Å². The molecular weight excluding hydrogens is 298 g/mol. The number of hydrogen-bond acceptors (Lipinski definition) is 2. The van der Waals surface area contributed by atoms with Crippen LogP contribution >= 0.6 is 27.5 Å². The van der Waals surface area contributed by atoms with Gasteiger partial charge >= 0.3 is 0 Å². The van der Waals surface area contributed by atoms with Crippen LogP contribution in [0.3, 0.4) is 0 Å². The second kappa shape index (κ2) is 4.90. The third kappa shape index (κ3) is 2.50.